The van der Waals surface area contributed by atoms with Crippen molar-refractivity contribution in [3.63, 3.8) is 0 Å². The number of rotatable bonds is 8. The number of amidine groups is 1. The maximum absolute atomic E-state index is 5.00. The fourth-order valence-corrected chi connectivity index (χ4v) is 3.50. The molecular weight excluding hydrogens is 318 g/mol. The van der Waals surface area contributed by atoms with Crippen molar-refractivity contribution in [2.45, 2.75) is 37.6 Å². The molecule has 126 valence electrons. The minimum absolute atomic E-state index is 0.438. The Morgan fingerprint density at radius 1 is 1.17 bits per heavy atom. The van der Waals surface area contributed by atoms with Gasteiger partial charge in [-0.3, -0.25) is 10.3 Å². The topological polar surface area (TPSA) is 46.5 Å². The van der Waals surface area contributed by atoms with Crippen molar-refractivity contribution in [3.8, 4) is 11.1 Å². The zero-order valence-corrected chi connectivity index (χ0v) is 14.8. The van der Waals surface area contributed by atoms with Gasteiger partial charge in [0.15, 0.2) is 6.73 Å². The molecule has 0 aliphatic carbocycles. The molecule has 2 heterocycles. The summed E-state index contributed by atoms with van der Waals surface area (Å²) in [6.45, 7) is 2.64. The summed E-state index contributed by atoms with van der Waals surface area (Å²) in [5.41, 5.74) is 6.65. The first-order valence-corrected chi connectivity index (χ1v) is 9.43. The van der Waals surface area contributed by atoms with Gasteiger partial charge < -0.3 is 0 Å². The molecule has 0 spiro atoms. The fraction of sp³-hybridized carbons (Fsp3) is 0.368. The van der Waals surface area contributed by atoms with Crippen LogP contribution in [0.25, 0.3) is 11.1 Å². The molecule has 0 saturated carbocycles. The van der Waals surface area contributed by atoms with Crippen LogP contribution in [-0.2, 0) is 11.3 Å². The van der Waals surface area contributed by atoms with Crippen molar-refractivity contribution in [3.05, 3.63) is 48.2 Å². The highest BCUT2D eigenvalue weighted by molar-refractivity contribution is 7.99. The van der Waals surface area contributed by atoms with Gasteiger partial charge in [-0.25, -0.2) is 9.98 Å². The van der Waals surface area contributed by atoms with Gasteiger partial charge >= 0.3 is 0 Å². The van der Waals surface area contributed by atoms with E-state index in [1.807, 2.05) is 24.0 Å². The molecule has 4 nitrogen and oxygen atoms in total. The Kier molecular flexibility index (Phi) is 6.26. The Labute approximate surface area is 147 Å². The Hall–Kier alpha value is -1.85. The standard InChI is InChI=1S/C19H23N3OS/c1-2-13-24-19-17(6-4-12-20-19)16-10-8-15(9-11-16)5-3-7-18-21-14-23-22-18/h4,6,8-12H,2-3,5,7,13-14H2,1H3,(H,21,22). The average Bonchev–Trinajstić information content (AvgIpc) is 3.14. The number of hydroxylamine groups is 1. The van der Waals surface area contributed by atoms with E-state index in [2.05, 4.69) is 52.7 Å². The highest BCUT2D eigenvalue weighted by Crippen LogP contribution is 2.30. The van der Waals surface area contributed by atoms with Crippen molar-refractivity contribution in [1.82, 2.24) is 10.5 Å². The number of aryl methyl sites for hydroxylation is 1. The van der Waals surface area contributed by atoms with Crippen molar-refractivity contribution < 1.29 is 4.84 Å². The lowest BCUT2D eigenvalue weighted by atomic mass is 10.0. The summed E-state index contributed by atoms with van der Waals surface area (Å²) < 4.78 is 0. The number of hydrogen-bond acceptors (Lipinski definition) is 5. The smallest absolute Gasteiger partial charge is 0.166 e. The highest BCUT2D eigenvalue weighted by atomic mass is 32.2. The van der Waals surface area contributed by atoms with Crippen molar-refractivity contribution >= 4 is 17.6 Å². The van der Waals surface area contributed by atoms with Gasteiger partial charge in [-0.2, -0.15) is 0 Å². The summed E-state index contributed by atoms with van der Waals surface area (Å²) in [6, 6.07) is 13.0. The molecule has 0 bridgehead atoms. The van der Waals surface area contributed by atoms with Crippen LogP contribution < -0.4 is 5.48 Å². The Morgan fingerprint density at radius 2 is 2.04 bits per heavy atom. The van der Waals surface area contributed by atoms with Gasteiger partial charge in [0.25, 0.3) is 0 Å². The van der Waals surface area contributed by atoms with Crippen LogP contribution in [0.5, 0.6) is 0 Å². The predicted octanol–water partition coefficient (Wildman–Crippen LogP) is 4.46. The quantitative estimate of drug-likeness (QED) is 0.720. The van der Waals surface area contributed by atoms with Crippen LogP contribution in [0, 0.1) is 0 Å². The van der Waals surface area contributed by atoms with E-state index in [1.54, 1.807) is 0 Å². The third kappa shape index (κ3) is 4.58. The summed E-state index contributed by atoms with van der Waals surface area (Å²) in [5, 5.41) is 1.12. The van der Waals surface area contributed by atoms with Crippen LogP contribution >= 0.6 is 11.8 Å². The number of aliphatic imine (C=N–C) groups is 1. The number of thioether (sulfide) groups is 1. The number of benzene rings is 1. The second kappa shape index (κ2) is 8.85. The number of nitrogens with one attached hydrogen (secondary N) is 1. The maximum atomic E-state index is 5.00. The van der Waals surface area contributed by atoms with E-state index in [-0.39, 0.29) is 0 Å². The van der Waals surface area contributed by atoms with Gasteiger partial charge in [0.1, 0.15) is 10.9 Å². The molecule has 5 heteroatoms. The third-order valence-corrected chi connectivity index (χ3v) is 5.08. The van der Waals surface area contributed by atoms with Crippen LogP contribution in [-0.4, -0.2) is 23.3 Å². The van der Waals surface area contributed by atoms with E-state index in [9.17, 15) is 0 Å². The Morgan fingerprint density at radius 3 is 2.79 bits per heavy atom. The molecule has 1 N–H and O–H groups in total. The molecule has 0 amide bonds. The lowest BCUT2D eigenvalue weighted by molar-refractivity contribution is 0.114. The lowest BCUT2D eigenvalue weighted by Gasteiger charge is -2.09. The maximum Gasteiger partial charge on any atom is 0.166 e. The average molecular weight is 341 g/mol. The molecule has 0 atom stereocenters. The number of hydrogen-bond donors (Lipinski definition) is 1. The van der Waals surface area contributed by atoms with Crippen LogP contribution in [0.3, 0.4) is 0 Å². The van der Waals surface area contributed by atoms with Gasteiger partial charge in [0.05, 0.1) is 0 Å². The van der Waals surface area contributed by atoms with Gasteiger partial charge in [-0.05, 0) is 42.2 Å². The molecular formula is C19H23N3OS. The van der Waals surface area contributed by atoms with Crippen LogP contribution in [0.1, 0.15) is 31.7 Å². The molecule has 0 radical (unpaired) electrons. The van der Waals surface area contributed by atoms with E-state index in [1.165, 1.54) is 16.7 Å². The Bertz CT molecular complexity index is 685. The molecule has 24 heavy (non-hydrogen) atoms. The van der Waals surface area contributed by atoms with E-state index in [4.69, 9.17) is 4.84 Å². The Balaban J connectivity index is 1.61. The molecule has 1 aromatic carbocycles. The van der Waals surface area contributed by atoms with Crippen LogP contribution in [0.4, 0.5) is 0 Å². The SMILES string of the molecule is CCCSc1ncccc1-c1ccc(CCCC2=NCON2)cc1. The second-order valence-corrected chi connectivity index (χ2v) is 6.82. The normalized spacial score (nSPS) is 13.6. The number of aromatic nitrogens is 1. The summed E-state index contributed by atoms with van der Waals surface area (Å²) in [5.74, 6) is 2.06. The monoisotopic (exact) mass is 341 g/mol. The van der Waals surface area contributed by atoms with Gasteiger partial charge in [-0.1, -0.05) is 37.3 Å². The first-order chi connectivity index (χ1) is 11.9. The van der Waals surface area contributed by atoms with Gasteiger partial charge in [0.2, 0.25) is 0 Å². The number of pyridine rings is 1. The van der Waals surface area contributed by atoms with Crippen LogP contribution in [0.15, 0.2) is 52.6 Å². The fourth-order valence-electron chi connectivity index (χ4n) is 2.62. The summed E-state index contributed by atoms with van der Waals surface area (Å²) in [7, 11) is 0. The predicted molar refractivity (Wildman–Crippen MR) is 100 cm³/mol. The summed E-state index contributed by atoms with van der Waals surface area (Å²) in [6.07, 6.45) is 6.08. The largest absolute Gasteiger partial charge is 0.251 e. The van der Waals surface area contributed by atoms with Gasteiger partial charge in [0, 0.05) is 18.2 Å². The first-order valence-electron chi connectivity index (χ1n) is 8.45. The minimum atomic E-state index is 0.438. The van der Waals surface area contributed by atoms with Crippen LogP contribution in [0.2, 0.25) is 0 Å². The molecule has 1 aromatic heterocycles. The van der Waals surface area contributed by atoms with Crippen molar-refractivity contribution in [2.75, 3.05) is 12.5 Å². The van der Waals surface area contributed by atoms with E-state index < -0.39 is 0 Å². The second-order valence-electron chi connectivity index (χ2n) is 5.74. The van der Waals surface area contributed by atoms with E-state index in [0.29, 0.717) is 6.73 Å². The van der Waals surface area contributed by atoms with Gasteiger partial charge in [-0.15, -0.1) is 11.8 Å². The summed E-state index contributed by atoms with van der Waals surface area (Å²) in [4.78, 5) is 13.8. The molecule has 2 aromatic rings. The summed E-state index contributed by atoms with van der Waals surface area (Å²) >= 11 is 1.83. The lowest BCUT2D eigenvalue weighted by Crippen LogP contribution is -2.16. The highest BCUT2D eigenvalue weighted by Gasteiger charge is 2.07. The molecule has 0 fully saturated rings. The molecule has 0 unspecified atom stereocenters. The molecule has 0 saturated heterocycles. The molecule has 1 aliphatic heterocycles. The van der Waals surface area contributed by atoms with Crippen molar-refractivity contribution in [2.24, 2.45) is 4.99 Å². The number of nitrogens with zero attached hydrogens (tertiary/aromatic N) is 2. The van der Waals surface area contributed by atoms with Crippen molar-refractivity contribution in [1.29, 1.82) is 0 Å². The molecule has 1 aliphatic rings. The third-order valence-electron chi connectivity index (χ3n) is 3.87. The first kappa shape index (κ1) is 17.0. The molecule has 3 rings (SSSR count). The van der Waals surface area contributed by atoms with E-state index >= 15 is 0 Å². The minimum Gasteiger partial charge on any atom is -0.251 e. The zero-order chi connectivity index (χ0) is 16.6. The zero-order valence-electron chi connectivity index (χ0n) is 14.0. The van der Waals surface area contributed by atoms with E-state index in [0.717, 1.165) is 42.3 Å².